The Hall–Kier alpha value is -3.78. The van der Waals surface area contributed by atoms with E-state index in [1.54, 1.807) is 11.0 Å². The minimum atomic E-state index is -4.74. The fraction of sp³-hybridized carbons (Fsp3) is 0.471. The van der Waals surface area contributed by atoms with Crippen LogP contribution in [0.15, 0.2) is 52.3 Å². The number of nitrogens with zero attached hydrogens (tertiary/aromatic N) is 2. The Morgan fingerprint density at radius 1 is 0.979 bits per heavy atom. The quantitative estimate of drug-likeness (QED) is 0.337. The van der Waals surface area contributed by atoms with Crippen molar-refractivity contribution in [1.29, 1.82) is 0 Å². The number of alkyl halides is 3. The van der Waals surface area contributed by atoms with E-state index in [-0.39, 0.29) is 46.3 Å². The van der Waals surface area contributed by atoms with Gasteiger partial charge in [-0.05, 0) is 73.3 Å². The van der Waals surface area contributed by atoms with Crippen molar-refractivity contribution in [2.45, 2.75) is 48.1 Å². The Labute approximate surface area is 281 Å². The molecule has 3 aliphatic heterocycles. The number of benzene rings is 2. The van der Waals surface area contributed by atoms with Gasteiger partial charge in [0.25, 0.3) is 5.91 Å². The van der Waals surface area contributed by atoms with Crippen LogP contribution in [0.5, 0.6) is 11.5 Å². The van der Waals surface area contributed by atoms with Gasteiger partial charge in [-0.15, -0.1) is 11.8 Å². The number of likely N-dealkylation sites (tertiary alicyclic amines) is 1. The Bertz CT molecular complexity index is 1870. The lowest BCUT2D eigenvalue weighted by Crippen LogP contribution is -2.42. The van der Waals surface area contributed by atoms with Crippen LogP contribution in [-0.2, 0) is 20.6 Å². The SMILES string of the molecule is COc1cc([C@H]2c3sc(=O)[nH]c3SC3C2[C@H]2C[C@@H]3C3C(=O)N(c4ccccc4C(F)(F)F)C(=O)C32)ccc1OCC(=O)N1CCCCC1. The third kappa shape index (κ3) is 4.88. The van der Waals surface area contributed by atoms with Crippen molar-refractivity contribution in [1.82, 2.24) is 9.88 Å². The average Bonchev–Trinajstić information content (AvgIpc) is 3.82. The zero-order chi connectivity index (χ0) is 33.5. The van der Waals surface area contributed by atoms with Crippen LogP contribution in [-0.4, -0.2) is 59.7 Å². The van der Waals surface area contributed by atoms with Gasteiger partial charge in [0.2, 0.25) is 11.8 Å². The molecule has 4 fully saturated rings. The fourth-order valence-corrected chi connectivity index (χ4v) is 11.8. The summed E-state index contributed by atoms with van der Waals surface area (Å²) in [6.45, 7) is 1.31. The van der Waals surface area contributed by atoms with Gasteiger partial charge in [0.05, 0.1) is 35.2 Å². The number of H-pyrrole nitrogens is 1. The Kier molecular flexibility index (Phi) is 7.66. The standard InChI is InChI=1S/C34H32F3N3O6S2/c1-45-22-13-16(9-10-21(22)46-15-23(41)39-11-5-2-6-12-39)24-25-17-14-18(28(25)47-30-29(24)48-33(44)38-30)27-26(17)31(42)40(32(27)43)20-8-4-3-7-19(20)34(35,36)37/h3-4,7-10,13,17-18,24-28H,2,5-6,11-12,14-15H2,1H3,(H,38,44)/t17-,18-,24-,25?,26?,27?,28?/m1/s1. The molecule has 14 heteroatoms. The van der Waals surface area contributed by atoms with Gasteiger partial charge in [-0.25, -0.2) is 4.90 Å². The number of amides is 3. The number of rotatable bonds is 6. The summed E-state index contributed by atoms with van der Waals surface area (Å²) in [4.78, 5) is 59.5. The van der Waals surface area contributed by atoms with E-state index in [1.165, 1.54) is 37.1 Å². The number of thioether (sulfide) groups is 1. The lowest BCUT2D eigenvalue weighted by Gasteiger charge is -2.43. The van der Waals surface area contributed by atoms with Crippen LogP contribution < -0.4 is 19.2 Å². The number of carbonyl (C=O) groups excluding carboxylic acids is 3. The van der Waals surface area contributed by atoms with E-state index in [0.29, 0.717) is 36.0 Å². The van der Waals surface area contributed by atoms with Gasteiger partial charge < -0.3 is 19.4 Å². The number of methoxy groups -OCH3 is 1. The molecule has 2 bridgehead atoms. The third-order valence-corrected chi connectivity index (χ3v) is 13.4. The van der Waals surface area contributed by atoms with Crippen molar-refractivity contribution >= 4 is 46.5 Å². The average molecular weight is 700 g/mol. The molecule has 2 aliphatic carbocycles. The molecule has 252 valence electrons. The number of hydrogen-bond acceptors (Lipinski definition) is 8. The number of para-hydroxylation sites is 1. The van der Waals surface area contributed by atoms with Crippen molar-refractivity contribution in [3.05, 3.63) is 68.1 Å². The van der Waals surface area contributed by atoms with Crippen molar-refractivity contribution in [3.63, 3.8) is 0 Å². The number of anilines is 1. The van der Waals surface area contributed by atoms with Gasteiger partial charge in [-0.1, -0.05) is 29.5 Å². The zero-order valence-corrected chi connectivity index (χ0v) is 27.5. The molecule has 2 saturated carbocycles. The van der Waals surface area contributed by atoms with Crippen molar-refractivity contribution < 1.29 is 37.0 Å². The molecule has 2 aromatic carbocycles. The summed E-state index contributed by atoms with van der Waals surface area (Å²) < 4.78 is 53.6. The van der Waals surface area contributed by atoms with Crippen LogP contribution in [0.25, 0.3) is 0 Å². The van der Waals surface area contributed by atoms with Crippen LogP contribution in [0.2, 0.25) is 0 Å². The van der Waals surface area contributed by atoms with E-state index in [0.717, 1.165) is 52.0 Å². The number of thiazole rings is 1. The number of halogens is 3. The molecule has 8 rings (SSSR count). The molecular weight excluding hydrogens is 668 g/mol. The van der Waals surface area contributed by atoms with Gasteiger partial charge >= 0.3 is 11.0 Å². The van der Waals surface area contributed by atoms with Gasteiger partial charge in [-0.3, -0.25) is 19.2 Å². The van der Waals surface area contributed by atoms with Gasteiger partial charge in [-0.2, -0.15) is 13.2 Å². The smallest absolute Gasteiger partial charge is 0.418 e. The summed E-state index contributed by atoms with van der Waals surface area (Å²) in [7, 11) is 1.51. The summed E-state index contributed by atoms with van der Waals surface area (Å²) in [6.07, 6.45) is -1.09. The number of fused-ring (bicyclic) bond motifs is 9. The number of piperidine rings is 1. The number of aromatic amines is 1. The Balaban J connectivity index is 1.12. The van der Waals surface area contributed by atoms with Gasteiger partial charge in [0, 0.05) is 29.1 Å². The molecule has 1 N–H and O–H groups in total. The summed E-state index contributed by atoms with van der Waals surface area (Å²) in [5.74, 6) is -2.95. The largest absolute Gasteiger partial charge is 0.493 e. The topological polar surface area (TPSA) is 109 Å². The molecule has 3 aromatic rings. The maximum atomic E-state index is 14.0. The summed E-state index contributed by atoms with van der Waals surface area (Å²) in [5, 5.41) is 0.570. The van der Waals surface area contributed by atoms with E-state index in [9.17, 15) is 32.3 Å². The molecule has 3 amide bonds. The van der Waals surface area contributed by atoms with Crippen LogP contribution in [0.1, 0.15) is 47.6 Å². The summed E-state index contributed by atoms with van der Waals surface area (Å²) in [6, 6.07) is 10.2. The highest BCUT2D eigenvalue weighted by Gasteiger charge is 2.70. The maximum absolute atomic E-state index is 14.0. The third-order valence-electron chi connectivity index (χ3n) is 10.8. The van der Waals surface area contributed by atoms with E-state index in [2.05, 4.69) is 4.98 Å². The molecule has 7 atom stereocenters. The summed E-state index contributed by atoms with van der Waals surface area (Å²) in [5.41, 5.74) is -0.618. The van der Waals surface area contributed by atoms with Crippen LogP contribution in [0, 0.1) is 29.6 Å². The number of imide groups is 1. The Morgan fingerprint density at radius 3 is 2.44 bits per heavy atom. The number of ether oxygens (including phenoxy) is 2. The molecule has 4 unspecified atom stereocenters. The first-order valence-electron chi connectivity index (χ1n) is 16.1. The van der Waals surface area contributed by atoms with Crippen LogP contribution in [0.4, 0.5) is 18.9 Å². The normalized spacial score (nSPS) is 29.1. The molecule has 1 aromatic heterocycles. The number of aromatic nitrogens is 1. The predicted molar refractivity (Wildman–Crippen MR) is 171 cm³/mol. The second kappa shape index (κ2) is 11.7. The highest BCUT2D eigenvalue weighted by molar-refractivity contribution is 8.00. The fourth-order valence-electron chi connectivity index (χ4n) is 8.91. The molecule has 9 nitrogen and oxygen atoms in total. The second-order valence-corrected chi connectivity index (χ2v) is 15.3. The maximum Gasteiger partial charge on any atom is 0.418 e. The predicted octanol–water partition coefficient (Wildman–Crippen LogP) is 5.53. The first kappa shape index (κ1) is 31.5. The zero-order valence-electron chi connectivity index (χ0n) is 25.8. The first-order chi connectivity index (χ1) is 23.1. The van der Waals surface area contributed by atoms with E-state index in [1.807, 2.05) is 12.1 Å². The highest BCUT2D eigenvalue weighted by atomic mass is 32.2. The molecule has 0 radical (unpaired) electrons. The summed E-state index contributed by atoms with van der Waals surface area (Å²) >= 11 is 2.60. The number of nitrogens with one attached hydrogen (secondary N) is 1. The van der Waals surface area contributed by atoms with Crippen LogP contribution in [0.3, 0.4) is 0 Å². The Morgan fingerprint density at radius 2 is 1.71 bits per heavy atom. The van der Waals surface area contributed by atoms with Crippen molar-refractivity contribution in [2.24, 2.45) is 29.6 Å². The lowest BCUT2D eigenvalue weighted by atomic mass is 9.68. The minimum absolute atomic E-state index is 0.0890. The minimum Gasteiger partial charge on any atom is -0.493 e. The molecule has 2 saturated heterocycles. The molecular formula is C34H32F3N3O6S2. The number of carbonyl (C=O) groups is 3. The molecule has 48 heavy (non-hydrogen) atoms. The van der Waals surface area contributed by atoms with Gasteiger partial charge in [0.15, 0.2) is 18.1 Å². The highest BCUT2D eigenvalue weighted by Crippen LogP contribution is 2.69. The molecule has 4 heterocycles. The lowest BCUT2D eigenvalue weighted by molar-refractivity contribution is -0.137. The van der Waals surface area contributed by atoms with Gasteiger partial charge in [0.1, 0.15) is 0 Å². The first-order valence-corrected chi connectivity index (χ1v) is 17.8. The van der Waals surface area contributed by atoms with Crippen molar-refractivity contribution in [2.75, 3.05) is 31.7 Å². The monoisotopic (exact) mass is 699 g/mol. The van der Waals surface area contributed by atoms with E-state index in [4.69, 9.17) is 9.47 Å². The molecule has 5 aliphatic rings. The van der Waals surface area contributed by atoms with E-state index >= 15 is 0 Å². The second-order valence-electron chi connectivity index (χ2n) is 13.1. The number of hydrogen-bond donors (Lipinski definition) is 1. The van der Waals surface area contributed by atoms with E-state index < -0.39 is 41.1 Å². The van der Waals surface area contributed by atoms with Crippen molar-refractivity contribution in [3.8, 4) is 11.5 Å². The molecule has 0 spiro atoms. The van der Waals surface area contributed by atoms with Crippen LogP contribution >= 0.6 is 23.1 Å².